The van der Waals surface area contributed by atoms with E-state index >= 15 is 0 Å². The van der Waals surface area contributed by atoms with Crippen LogP contribution in [0.4, 0.5) is 0 Å². The van der Waals surface area contributed by atoms with E-state index in [2.05, 4.69) is 34.0 Å². The maximum atomic E-state index is 6.06. The van der Waals surface area contributed by atoms with E-state index in [0.29, 0.717) is 16.7 Å². The molecule has 0 bridgehead atoms. The molecule has 3 rings (SSSR count). The van der Waals surface area contributed by atoms with Crippen molar-refractivity contribution in [3.05, 3.63) is 53.4 Å². The number of halogens is 1. The summed E-state index contributed by atoms with van der Waals surface area (Å²) in [4.78, 5) is 10.3. The van der Waals surface area contributed by atoms with Gasteiger partial charge in [-0.3, -0.25) is 0 Å². The van der Waals surface area contributed by atoms with E-state index in [1.807, 2.05) is 30.3 Å². The van der Waals surface area contributed by atoms with Crippen LogP contribution in [0.1, 0.15) is 25.5 Å². The van der Waals surface area contributed by atoms with E-state index in [4.69, 9.17) is 11.6 Å². The molecule has 0 unspecified atom stereocenters. The monoisotopic (exact) mass is 299 g/mol. The Morgan fingerprint density at radius 2 is 1.86 bits per heavy atom. The standard InChI is InChI=1S/C15H14ClN5/c1-10(2)12-8-14(16)19-15(18-12)13-9-17-21(20-13)11-6-4-3-5-7-11/h3-10H,1-2H3. The van der Waals surface area contributed by atoms with Crippen molar-refractivity contribution in [1.29, 1.82) is 0 Å². The van der Waals surface area contributed by atoms with Gasteiger partial charge in [0, 0.05) is 5.69 Å². The van der Waals surface area contributed by atoms with E-state index in [0.717, 1.165) is 11.4 Å². The highest BCUT2D eigenvalue weighted by Gasteiger charge is 2.12. The highest BCUT2D eigenvalue weighted by atomic mass is 35.5. The van der Waals surface area contributed by atoms with Gasteiger partial charge in [0.2, 0.25) is 0 Å². The second-order valence-corrected chi connectivity index (χ2v) is 5.34. The third-order valence-corrected chi connectivity index (χ3v) is 3.21. The summed E-state index contributed by atoms with van der Waals surface area (Å²) in [5, 5.41) is 9.08. The highest BCUT2D eigenvalue weighted by molar-refractivity contribution is 6.29. The first-order valence-corrected chi connectivity index (χ1v) is 7.04. The summed E-state index contributed by atoms with van der Waals surface area (Å²) in [7, 11) is 0. The molecular weight excluding hydrogens is 286 g/mol. The van der Waals surface area contributed by atoms with Crippen LogP contribution in [-0.2, 0) is 0 Å². The Kier molecular flexibility index (Phi) is 3.66. The van der Waals surface area contributed by atoms with E-state index in [1.54, 1.807) is 17.1 Å². The molecule has 0 fully saturated rings. The van der Waals surface area contributed by atoms with Crippen LogP contribution >= 0.6 is 11.6 Å². The molecule has 0 aliphatic carbocycles. The normalized spacial score (nSPS) is 11.0. The fraction of sp³-hybridized carbons (Fsp3) is 0.200. The first-order chi connectivity index (χ1) is 10.1. The topological polar surface area (TPSA) is 56.5 Å². The van der Waals surface area contributed by atoms with Gasteiger partial charge in [-0.1, -0.05) is 43.6 Å². The van der Waals surface area contributed by atoms with Crippen LogP contribution in [0.2, 0.25) is 5.15 Å². The molecule has 0 radical (unpaired) electrons. The second-order valence-electron chi connectivity index (χ2n) is 4.95. The SMILES string of the molecule is CC(C)c1cc(Cl)nc(-c2cnn(-c3ccccc3)n2)n1. The molecule has 21 heavy (non-hydrogen) atoms. The average Bonchev–Trinajstić information content (AvgIpc) is 2.97. The summed E-state index contributed by atoms with van der Waals surface area (Å²) < 4.78 is 0. The summed E-state index contributed by atoms with van der Waals surface area (Å²) >= 11 is 6.06. The Hall–Kier alpha value is -2.27. The van der Waals surface area contributed by atoms with Gasteiger partial charge in [-0.25, -0.2) is 9.97 Å². The molecule has 0 N–H and O–H groups in total. The van der Waals surface area contributed by atoms with Crippen molar-refractivity contribution in [3.8, 4) is 17.2 Å². The van der Waals surface area contributed by atoms with Crippen LogP contribution in [0.5, 0.6) is 0 Å². The summed E-state index contributed by atoms with van der Waals surface area (Å²) in [6.45, 7) is 4.12. The summed E-state index contributed by atoms with van der Waals surface area (Å²) in [6, 6.07) is 11.5. The van der Waals surface area contributed by atoms with Crippen LogP contribution in [0.15, 0.2) is 42.6 Å². The molecule has 0 amide bonds. The molecule has 0 saturated heterocycles. The minimum absolute atomic E-state index is 0.272. The van der Waals surface area contributed by atoms with Gasteiger partial charge in [0.1, 0.15) is 5.15 Å². The number of aromatic nitrogens is 5. The largest absolute Gasteiger partial charge is 0.231 e. The lowest BCUT2D eigenvalue weighted by Gasteiger charge is -2.05. The number of hydrogen-bond acceptors (Lipinski definition) is 4. The highest BCUT2D eigenvalue weighted by Crippen LogP contribution is 2.20. The number of benzene rings is 1. The first kappa shape index (κ1) is 13.7. The minimum Gasteiger partial charge on any atom is -0.231 e. The van der Waals surface area contributed by atoms with Crippen molar-refractivity contribution in [2.75, 3.05) is 0 Å². The lowest BCUT2D eigenvalue weighted by Crippen LogP contribution is -2.00. The maximum Gasteiger partial charge on any atom is 0.183 e. The van der Waals surface area contributed by atoms with Crippen molar-refractivity contribution in [1.82, 2.24) is 25.0 Å². The lowest BCUT2D eigenvalue weighted by molar-refractivity contribution is 0.751. The van der Waals surface area contributed by atoms with Gasteiger partial charge in [-0.15, -0.1) is 5.10 Å². The van der Waals surface area contributed by atoms with Crippen LogP contribution in [0.25, 0.3) is 17.2 Å². The summed E-state index contributed by atoms with van der Waals surface area (Å²) in [5.41, 5.74) is 2.37. The van der Waals surface area contributed by atoms with E-state index in [1.165, 1.54) is 0 Å². The van der Waals surface area contributed by atoms with Gasteiger partial charge >= 0.3 is 0 Å². The predicted molar refractivity (Wildman–Crippen MR) is 81.5 cm³/mol. The third-order valence-electron chi connectivity index (χ3n) is 3.01. The molecule has 0 atom stereocenters. The fourth-order valence-corrected chi connectivity index (χ4v) is 2.09. The van der Waals surface area contributed by atoms with Gasteiger partial charge in [0.15, 0.2) is 11.5 Å². The Morgan fingerprint density at radius 1 is 1.10 bits per heavy atom. The van der Waals surface area contributed by atoms with Gasteiger partial charge in [-0.05, 0) is 24.1 Å². The molecule has 0 aliphatic heterocycles. The van der Waals surface area contributed by atoms with E-state index in [9.17, 15) is 0 Å². The smallest absolute Gasteiger partial charge is 0.183 e. The number of hydrogen-bond donors (Lipinski definition) is 0. The van der Waals surface area contributed by atoms with Gasteiger partial charge in [0.05, 0.1) is 11.9 Å². The van der Waals surface area contributed by atoms with Gasteiger partial charge in [0.25, 0.3) is 0 Å². The molecule has 3 aromatic rings. The Morgan fingerprint density at radius 3 is 2.57 bits per heavy atom. The third kappa shape index (κ3) is 2.92. The number of rotatable bonds is 3. The van der Waals surface area contributed by atoms with Crippen LogP contribution in [0.3, 0.4) is 0 Å². The minimum atomic E-state index is 0.272. The zero-order valence-electron chi connectivity index (χ0n) is 11.7. The molecule has 6 heteroatoms. The van der Waals surface area contributed by atoms with Crippen molar-refractivity contribution in [2.45, 2.75) is 19.8 Å². The van der Waals surface area contributed by atoms with Gasteiger partial charge in [-0.2, -0.15) is 9.90 Å². The van der Waals surface area contributed by atoms with Crippen LogP contribution < -0.4 is 0 Å². The lowest BCUT2D eigenvalue weighted by atomic mass is 10.1. The second kappa shape index (κ2) is 5.61. The molecular formula is C15H14ClN5. The van der Waals surface area contributed by atoms with Crippen molar-refractivity contribution >= 4 is 11.6 Å². The Bertz CT molecular complexity index is 752. The quantitative estimate of drug-likeness (QED) is 0.695. The van der Waals surface area contributed by atoms with Crippen molar-refractivity contribution in [3.63, 3.8) is 0 Å². The molecule has 5 nitrogen and oxygen atoms in total. The molecule has 0 aliphatic rings. The molecule has 0 spiro atoms. The summed E-state index contributed by atoms with van der Waals surface area (Å²) in [5.74, 6) is 0.766. The zero-order valence-corrected chi connectivity index (χ0v) is 12.5. The van der Waals surface area contributed by atoms with Crippen molar-refractivity contribution < 1.29 is 0 Å². The molecule has 106 valence electrons. The fourth-order valence-electron chi connectivity index (χ4n) is 1.90. The average molecular weight is 300 g/mol. The van der Waals surface area contributed by atoms with E-state index < -0.39 is 0 Å². The summed E-state index contributed by atoms with van der Waals surface area (Å²) in [6.07, 6.45) is 1.64. The van der Waals surface area contributed by atoms with E-state index in [-0.39, 0.29) is 5.92 Å². The molecule has 0 saturated carbocycles. The van der Waals surface area contributed by atoms with Crippen LogP contribution in [-0.4, -0.2) is 25.0 Å². The van der Waals surface area contributed by atoms with Gasteiger partial charge < -0.3 is 0 Å². The zero-order chi connectivity index (χ0) is 14.8. The number of nitrogens with zero attached hydrogens (tertiary/aromatic N) is 5. The Labute approximate surface area is 127 Å². The van der Waals surface area contributed by atoms with Crippen molar-refractivity contribution in [2.24, 2.45) is 0 Å². The maximum absolute atomic E-state index is 6.06. The number of para-hydroxylation sites is 1. The molecule has 2 heterocycles. The molecule has 1 aromatic carbocycles. The molecule has 2 aromatic heterocycles. The predicted octanol–water partition coefficient (Wildman–Crippen LogP) is 3.50. The Balaban J connectivity index is 2.00. The first-order valence-electron chi connectivity index (χ1n) is 6.66. The van der Waals surface area contributed by atoms with Crippen LogP contribution in [0, 0.1) is 0 Å².